The van der Waals surface area contributed by atoms with Gasteiger partial charge < -0.3 is 4.74 Å². The molecule has 1 saturated heterocycles. The number of Topliss-reactive ketones (excluding diaryl/α,β-unsaturated/α-hetero) is 1. The molecule has 0 aliphatic carbocycles. The van der Waals surface area contributed by atoms with E-state index in [0.717, 1.165) is 18.5 Å². The third kappa shape index (κ3) is 4.55. The number of carbonyl (C=O) groups is 1. The molecule has 0 atom stereocenters. The molecular weight excluding hydrogens is 259 g/mol. The molecule has 1 aromatic carbocycles. The molecule has 0 saturated carbocycles. The number of rotatable bonds is 3. The van der Waals surface area contributed by atoms with E-state index in [4.69, 9.17) is 0 Å². The molecule has 1 fully saturated rings. The minimum Gasteiger partial charge on any atom is -0.406 e. The van der Waals surface area contributed by atoms with Crippen molar-refractivity contribution in [2.45, 2.75) is 25.7 Å². The van der Waals surface area contributed by atoms with Gasteiger partial charge in [-0.1, -0.05) is 12.1 Å². The number of benzene rings is 1. The minimum atomic E-state index is -4.67. The Morgan fingerprint density at radius 2 is 1.89 bits per heavy atom. The van der Waals surface area contributed by atoms with Crippen LogP contribution in [0.4, 0.5) is 13.2 Å². The standard InChI is InChI=1S/C13H14F3NO2/c14-13(15,16)19-12-5-3-10(4-6-12)8-17-7-1-2-11(18)9-17/h3-6H,1-2,7-9H2. The Morgan fingerprint density at radius 3 is 2.47 bits per heavy atom. The molecule has 0 N–H and O–H groups in total. The zero-order valence-electron chi connectivity index (χ0n) is 10.2. The van der Waals surface area contributed by atoms with E-state index in [9.17, 15) is 18.0 Å². The Balaban J connectivity index is 1.93. The van der Waals surface area contributed by atoms with Gasteiger partial charge in [0.25, 0.3) is 0 Å². The first-order chi connectivity index (χ1) is 8.92. The highest BCUT2D eigenvalue weighted by Gasteiger charge is 2.30. The first kappa shape index (κ1) is 13.9. The van der Waals surface area contributed by atoms with Crippen LogP contribution in [-0.2, 0) is 11.3 Å². The van der Waals surface area contributed by atoms with Crippen molar-refractivity contribution < 1.29 is 22.7 Å². The van der Waals surface area contributed by atoms with Crippen molar-refractivity contribution in [2.24, 2.45) is 0 Å². The van der Waals surface area contributed by atoms with Crippen molar-refractivity contribution in [3.05, 3.63) is 29.8 Å². The van der Waals surface area contributed by atoms with Gasteiger partial charge in [0.2, 0.25) is 0 Å². The number of piperidine rings is 1. The summed E-state index contributed by atoms with van der Waals surface area (Å²) in [5.74, 6) is -0.0192. The van der Waals surface area contributed by atoms with Crippen molar-refractivity contribution in [2.75, 3.05) is 13.1 Å². The predicted octanol–water partition coefficient (Wildman–Crippen LogP) is 2.75. The average Bonchev–Trinajstić information content (AvgIpc) is 2.30. The molecule has 3 nitrogen and oxygen atoms in total. The second-order valence-electron chi connectivity index (χ2n) is 4.54. The van der Waals surface area contributed by atoms with Crippen LogP contribution in [0.25, 0.3) is 0 Å². The van der Waals surface area contributed by atoms with Crippen LogP contribution in [0.15, 0.2) is 24.3 Å². The van der Waals surface area contributed by atoms with E-state index in [1.54, 1.807) is 12.1 Å². The fourth-order valence-electron chi connectivity index (χ4n) is 2.10. The topological polar surface area (TPSA) is 29.5 Å². The number of hydrogen-bond donors (Lipinski definition) is 0. The van der Waals surface area contributed by atoms with E-state index in [2.05, 4.69) is 4.74 Å². The number of halogens is 3. The largest absolute Gasteiger partial charge is 0.573 e. The van der Waals surface area contributed by atoms with Gasteiger partial charge in [0.1, 0.15) is 11.5 Å². The molecule has 104 valence electrons. The maximum absolute atomic E-state index is 12.0. The van der Waals surface area contributed by atoms with Gasteiger partial charge >= 0.3 is 6.36 Å². The van der Waals surface area contributed by atoms with Gasteiger partial charge in [-0.25, -0.2) is 0 Å². The van der Waals surface area contributed by atoms with Gasteiger partial charge in [-0.3, -0.25) is 9.69 Å². The molecule has 0 amide bonds. The molecule has 1 heterocycles. The lowest BCUT2D eigenvalue weighted by Gasteiger charge is -2.25. The number of nitrogens with zero attached hydrogens (tertiary/aromatic N) is 1. The summed E-state index contributed by atoms with van der Waals surface area (Å²) in [6.45, 7) is 1.82. The number of likely N-dealkylation sites (tertiary alicyclic amines) is 1. The molecule has 0 unspecified atom stereocenters. The van der Waals surface area contributed by atoms with Crippen LogP contribution in [0.5, 0.6) is 5.75 Å². The quantitative estimate of drug-likeness (QED) is 0.848. The highest BCUT2D eigenvalue weighted by Crippen LogP contribution is 2.23. The van der Waals surface area contributed by atoms with E-state index in [1.165, 1.54) is 12.1 Å². The molecule has 0 radical (unpaired) electrons. The summed E-state index contributed by atoms with van der Waals surface area (Å²) in [7, 11) is 0. The van der Waals surface area contributed by atoms with Crippen molar-refractivity contribution in [3.8, 4) is 5.75 Å². The van der Waals surface area contributed by atoms with E-state index in [-0.39, 0.29) is 11.5 Å². The van der Waals surface area contributed by atoms with Crippen molar-refractivity contribution >= 4 is 5.78 Å². The number of hydrogen-bond acceptors (Lipinski definition) is 3. The van der Waals surface area contributed by atoms with Crippen molar-refractivity contribution in [1.82, 2.24) is 4.90 Å². The lowest BCUT2D eigenvalue weighted by atomic mass is 10.1. The van der Waals surface area contributed by atoms with Crippen LogP contribution in [0.1, 0.15) is 18.4 Å². The molecule has 1 aromatic rings. The van der Waals surface area contributed by atoms with Crippen LogP contribution < -0.4 is 4.74 Å². The average molecular weight is 273 g/mol. The van der Waals surface area contributed by atoms with Crippen LogP contribution in [0.2, 0.25) is 0 Å². The molecule has 6 heteroatoms. The van der Waals surface area contributed by atoms with Crippen LogP contribution in [0, 0.1) is 0 Å². The van der Waals surface area contributed by atoms with E-state index < -0.39 is 6.36 Å². The fraction of sp³-hybridized carbons (Fsp3) is 0.462. The van der Waals surface area contributed by atoms with E-state index in [1.807, 2.05) is 4.90 Å². The Kier molecular flexibility index (Phi) is 4.09. The Hall–Kier alpha value is -1.56. The zero-order chi connectivity index (χ0) is 13.9. The van der Waals surface area contributed by atoms with Crippen molar-refractivity contribution in [1.29, 1.82) is 0 Å². The van der Waals surface area contributed by atoms with Crippen LogP contribution in [0.3, 0.4) is 0 Å². The normalized spacial score (nSPS) is 17.5. The highest BCUT2D eigenvalue weighted by atomic mass is 19.4. The Labute approximate surface area is 109 Å². The van der Waals surface area contributed by atoms with Gasteiger partial charge in [-0.15, -0.1) is 13.2 Å². The van der Waals surface area contributed by atoms with E-state index >= 15 is 0 Å². The molecule has 2 rings (SSSR count). The zero-order valence-corrected chi connectivity index (χ0v) is 10.2. The SMILES string of the molecule is O=C1CCCN(Cc2ccc(OC(F)(F)F)cc2)C1. The van der Waals surface area contributed by atoms with Crippen LogP contribution >= 0.6 is 0 Å². The molecule has 0 bridgehead atoms. The Morgan fingerprint density at radius 1 is 1.21 bits per heavy atom. The van der Waals surface area contributed by atoms with Gasteiger partial charge in [0.05, 0.1) is 6.54 Å². The second-order valence-corrected chi connectivity index (χ2v) is 4.54. The first-order valence-electron chi connectivity index (χ1n) is 6.01. The molecule has 1 aliphatic heterocycles. The summed E-state index contributed by atoms with van der Waals surface area (Å²) in [5.41, 5.74) is 0.865. The number of ketones is 1. The number of carbonyl (C=O) groups excluding carboxylic acids is 1. The van der Waals surface area contributed by atoms with Crippen LogP contribution in [-0.4, -0.2) is 30.1 Å². The van der Waals surface area contributed by atoms with Gasteiger partial charge in [-0.05, 0) is 30.7 Å². The first-order valence-corrected chi connectivity index (χ1v) is 6.01. The summed E-state index contributed by atoms with van der Waals surface area (Å²) >= 11 is 0. The summed E-state index contributed by atoms with van der Waals surface area (Å²) < 4.78 is 39.8. The lowest BCUT2D eigenvalue weighted by molar-refractivity contribution is -0.274. The summed E-state index contributed by atoms with van der Waals surface area (Å²) in [6, 6.07) is 5.74. The van der Waals surface area contributed by atoms with Crippen molar-refractivity contribution in [3.63, 3.8) is 0 Å². The second kappa shape index (κ2) is 5.61. The number of alkyl halides is 3. The smallest absolute Gasteiger partial charge is 0.406 e. The fourth-order valence-corrected chi connectivity index (χ4v) is 2.10. The van der Waals surface area contributed by atoms with Gasteiger partial charge in [0.15, 0.2) is 0 Å². The molecule has 0 aromatic heterocycles. The Bertz CT molecular complexity index is 442. The van der Waals surface area contributed by atoms with E-state index in [0.29, 0.717) is 19.5 Å². The third-order valence-electron chi connectivity index (χ3n) is 2.89. The molecule has 1 aliphatic rings. The monoisotopic (exact) mass is 273 g/mol. The summed E-state index contributed by atoms with van der Waals surface area (Å²) in [4.78, 5) is 13.3. The third-order valence-corrected chi connectivity index (χ3v) is 2.89. The molecular formula is C13H14F3NO2. The highest BCUT2D eigenvalue weighted by molar-refractivity contribution is 5.81. The predicted molar refractivity (Wildman–Crippen MR) is 62.6 cm³/mol. The maximum Gasteiger partial charge on any atom is 0.573 e. The number of ether oxygens (including phenoxy) is 1. The van der Waals surface area contributed by atoms with Gasteiger partial charge in [-0.2, -0.15) is 0 Å². The molecule has 19 heavy (non-hydrogen) atoms. The summed E-state index contributed by atoms with van der Waals surface area (Å²) in [5, 5.41) is 0. The minimum absolute atomic E-state index is 0.211. The molecule has 0 spiro atoms. The summed E-state index contributed by atoms with van der Waals surface area (Å²) in [6.07, 6.45) is -3.20. The lowest BCUT2D eigenvalue weighted by Crippen LogP contribution is -2.34. The van der Waals surface area contributed by atoms with Gasteiger partial charge in [0, 0.05) is 13.0 Å². The maximum atomic E-state index is 12.0.